The third-order valence-corrected chi connectivity index (χ3v) is 6.66. The molecule has 1 fully saturated rings. The largest absolute Gasteiger partial charge is 0.467 e. The van der Waals surface area contributed by atoms with E-state index in [1.807, 2.05) is 42.5 Å². The molecule has 2 aromatic carbocycles. The Kier molecular flexibility index (Phi) is 7.28. The number of benzene rings is 2. The average Bonchev–Trinajstić information content (AvgIpc) is 3.69. The summed E-state index contributed by atoms with van der Waals surface area (Å²) >= 11 is 0. The Bertz CT molecular complexity index is 1610. The number of H-pyrrole nitrogens is 1. The molecule has 3 aromatic heterocycles. The van der Waals surface area contributed by atoms with Crippen LogP contribution < -0.4 is 10.6 Å². The van der Waals surface area contributed by atoms with E-state index in [0.717, 1.165) is 5.76 Å². The molecule has 0 unspecified atom stereocenters. The second kappa shape index (κ2) is 11.3. The van der Waals surface area contributed by atoms with Gasteiger partial charge < -0.3 is 29.5 Å². The Morgan fingerprint density at radius 1 is 1.02 bits per heavy atom. The van der Waals surface area contributed by atoms with Gasteiger partial charge in [0.05, 0.1) is 48.5 Å². The summed E-state index contributed by atoms with van der Waals surface area (Å²) < 4.78 is 31.1. The van der Waals surface area contributed by atoms with Gasteiger partial charge in [-0.3, -0.25) is 4.79 Å². The minimum absolute atomic E-state index is 0.118. The summed E-state index contributed by atoms with van der Waals surface area (Å²) in [6.07, 6.45) is 2.38. The van der Waals surface area contributed by atoms with Gasteiger partial charge in [-0.15, -0.1) is 0 Å². The van der Waals surface area contributed by atoms with E-state index in [2.05, 4.69) is 25.6 Å². The highest BCUT2D eigenvalue weighted by atomic mass is 19.1. The summed E-state index contributed by atoms with van der Waals surface area (Å²) in [5.41, 5.74) is 2.15. The first kappa shape index (κ1) is 26.4. The van der Waals surface area contributed by atoms with Crippen molar-refractivity contribution in [2.24, 2.45) is 5.41 Å². The summed E-state index contributed by atoms with van der Waals surface area (Å²) in [6.45, 7) is 2.44. The summed E-state index contributed by atoms with van der Waals surface area (Å²) in [4.78, 5) is 30.0. The lowest BCUT2D eigenvalue weighted by Gasteiger charge is -2.35. The first-order valence-corrected chi connectivity index (χ1v) is 13.0. The molecule has 0 atom stereocenters. The van der Waals surface area contributed by atoms with Gasteiger partial charge in [-0.05, 0) is 61.5 Å². The molecule has 1 saturated heterocycles. The van der Waals surface area contributed by atoms with E-state index in [0.29, 0.717) is 46.7 Å². The molecule has 0 radical (unpaired) electrons. The highest BCUT2D eigenvalue weighted by Crippen LogP contribution is 2.36. The maximum atomic E-state index is 13.7. The SMILES string of the molecule is CC1(C(=O)Nc2ccccc2)COC(c2nc(-c3ccc(F)cc3)c(-c3ccnc(NCc4ccco4)n3)[nH]2)OC1. The number of furan rings is 1. The maximum Gasteiger partial charge on any atom is 0.234 e. The number of halogens is 1. The Labute approximate surface area is 235 Å². The molecule has 3 N–H and O–H groups in total. The second-order valence-corrected chi connectivity index (χ2v) is 9.89. The predicted octanol–water partition coefficient (Wildman–Crippen LogP) is 5.57. The quantitative estimate of drug-likeness (QED) is 0.227. The van der Waals surface area contributed by atoms with Crippen LogP contribution in [0.5, 0.6) is 0 Å². The van der Waals surface area contributed by atoms with E-state index in [4.69, 9.17) is 18.9 Å². The van der Waals surface area contributed by atoms with Crippen LogP contribution >= 0.6 is 0 Å². The number of carbonyl (C=O) groups is 1. The van der Waals surface area contributed by atoms with Gasteiger partial charge in [-0.1, -0.05) is 18.2 Å². The van der Waals surface area contributed by atoms with Crippen molar-refractivity contribution in [1.82, 2.24) is 19.9 Å². The third-order valence-electron chi connectivity index (χ3n) is 6.66. The topological polar surface area (TPSA) is 127 Å². The zero-order valence-electron chi connectivity index (χ0n) is 22.1. The first-order valence-electron chi connectivity index (χ1n) is 13.0. The van der Waals surface area contributed by atoms with Crippen LogP contribution in [0.25, 0.3) is 22.6 Å². The summed E-state index contributed by atoms with van der Waals surface area (Å²) in [5, 5.41) is 6.06. The Morgan fingerprint density at radius 2 is 1.80 bits per heavy atom. The van der Waals surface area contributed by atoms with Gasteiger partial charge in [0, 0.05) is 17.4 Å². The molecule has 10 nitrogen and oxygen atoms in total. The first-order chi connectivity index (χ1) is 20.0. The maximum absolute atomic E-state index is 13.7. The lowest BCUT2D eigenvalue weighted by atomic mass is 9.91. The second-order valence-electron chi connectivity index (χ2n) is 9.89. The molecule has 0 saturated carbocycles. The molecule has 1 amide bonds. The minimum Gasteiger partial charge on any atom is -0.467 e. The zero-order chi connectivity index (χ0) is 28.2. The fourth-order valence-electron chi connectivity index (χ4n) is 4.37. The van der Waals surface area contributed by atoms with E-state index in [9.17, 15) is 9.18 Å². The Hall–Kier alpha value is -4.87. The number of hydrogen-bond donors (Lipinski definition) is 3. The van der Waals surface area contributed by atoms with Gasteiger partial charge in [0.1, 0.15) is 11.6 Å². The van der Waals surface area contributed by atoms with E-state index < -0.39 is 11.7 Å². The van der Waals surface area contributed by atoms with Crippen LogP contribution in [-0.4, -0.2) is 39.1 Å². The molecule has 0 spiro atoms. The number of rotatable bonds is 8. The van der Waals surface area contributed by atoms with Crippen LogP contribution in [-0.2, 0) is 20.8 Å². The standard InChI is InChI=1S/C30H27FN6O4/c1-30(28(38)34-21-6-3-2-4-7-21)17-40-27(41-18-30)26-36-24(19-9-11-20(31)12-10-19)25(37-26)23-13-14-32-29(35-23)33-16-22-8-5-15-39-22/h2-15,27H,16-18H2,1H3,(H,34,38)(H,36,37)(H,32,33,35). The number of amides is 1. The number of para-hydroxylation sites is 1. The fraction of sp³-hybridized carbons (Fsp3) is 0.200. The molecule has 1 aliphatic rings. The molecule has 4 heterocycles. The van der Waals surface area contributed by atoms with Crippen molar-refractivity contribution in [2.45, 2.75) is 19.8 Å². The van der Waals surface area contributed by atoms with Crippen molar-refractivity contribution in [3.05, 3.63) is 103 Å². The van der Waals surface area contributed by atoms with Gasteiger partial charge in [0.25, 0.3) is 0 Å². The third kappa shape index (κ3) is 5.86. The van der Waals surface area contributed by atoms with E-state index in [1.54, 1.807) is 37.6 Å². The summed E-state index contributed by atoms with van der Waals surface area (Å²) in [5.74, 6) is 0.972. The molecular weight excluding hydrogens is 527 g/mol. The van der Waals surface area contributed by atoms with Crippen LogP contribution in [0, 0.1) is 11.2 Å². The van der Waals surface area contributed by atoms with E-state index in [-0.39, 0.29) is 24.9 Å². The highest BCUT2D eigenvalue weighted by Gasteiger charge is 2.41. The van der Waals surface area contributed by atoms with Gasteiger partial charge in [-0.25, -0.2) is 19.3 Å². The number of imidazole rings is 1. The molecule has 5 aromatic rings. The van der Waals surface area contributed by atoms with Crippen LogP contribution in [0.1, 0.15) is 24.8 Å². The van der Waals surface area contributed by atoms with Crippen molar-refractivity contribution in [2.75, 3.05) is 23.8 Å². The number of aromatic nitrogens is 4. The number of carbonyl (C=O) groups excluding carboxylic acids is 1. The van der Waals surface area contributed by atoms with Crippen LogP contribution in [0.2, 0.25) is 0 Å². The van der Waals surface area contributed by atoms with Gasteiger partial charge in [-0.2, -0.15) is 0 Å². The fourth-order valence-corrected chi connectivity index (χ4v) is 4.37. The van der Waals surface area contributed by atoms with Crippen molar-refractivity contribution in [1.29, 1.82) is 0 Å². The predicted molar refractivity (Wildman–Crippen MR) is 149 cm³/mol. The molecule has 6 rings (SSSR count). The van der Waals surface area contributed by atoms with Crippen molar-refractivity contribution in [3.63, 3.8) is 0 Å². The molecule has 0 aliphatic carbocycles. The van der Waals surface area contributed by atoms with Crippen LogP contribution in [0.4, 0.5) is 16.0 Å². The van der Waals surface area contributed by atoms with Crippen molar-refractivity contribution >= 4 is 17.5 Å². The molecule has 41 heavy (non-hydrogen) atoms. The lowest BCUT2D eigenvalue weighted by Crippen LogP contribution is -2.45. The van der Waals surface area contributed by atoms with Crippen LogP contribution in [0.3, 0.4) is 0 Å². The zero-order valence-corrected chi connectivity index (χ0v) is 22.1. The number of hydrogen-bond acceptors (Lipinski definition) is 8. The average molecular weight is 555 g/mol. The molecule has 1 aliphatic heterocycles. The van der Waals surface area contributed by atoms with Crippen molar-refractivity contribution in [3.8, 4) is 22.6 Å². The smallest absolute Gasteiger partial charge is 0.234 e. The number of anilines is 2. The van der Waals surface area contributed by atoms with E-state index >= 15 is 0 Å². The summed E-state index contributed by atoms with van der Waals surface area (Å²) in [6, 6.07) is 20.7. The molecule has 0 bridgehead atoms. The van der Waals surface area contributed by atoms with E-state index in [1.165, 1.54) is 12.1 Å². The number of nitrogens with zero attached hydrogens (tertiary/aromatic N) is 3. The monoisotopic (exact) mass is 554 g/mol. The normalized spacial score (nSPS) is 18.6. The molecule has 11 heteroatoms. The van der Waals surface area contributed by atoms with Crippen molar-refractivity contribution < 1.29 is 23.1 Å². The Balaban J connectivity index is 1.24. The number of ether oxygens (including phenoxy) is 2. The van der Waals surface area contributed by atoms with Gasteiger partial charge in [0.2, 0.25) is 18.1 Å². The minimum atomic E-state index is -0.900. The highest BCUT2D eigenvalue weighted by molar-refractivity contribution is 5.95. The number of aromatic amines is 1. The summed E-state index contributed by atoms with van der Waals surface area (Å²) in [7, 11) is 0. The van der Waals surface area contributed by atoms with Crippen LogP contribution in [0.15, 0.2) is 89.7 Å². The van der Waals surface area contributed by atoms with Gasteiger partial charge in [0.15, 0.2) is 5.82 Å². The number of nitrogens with one attached hydrogen (secondary N) is 3. The van der Waals surface area contributed by atoms with Gasteiger partial charge >= 0.3 is 0 Å². The Morgan fingerprint density at radius 3 is 2.54 bits per heavy atom. The molecular formula is C30H27FN6O4. The molecule has 208 valence electrons. The lowest BCUT2D eigenvalue weighted by molar-refractivity contribution is -0.229.